The van der Waals surface area contributed by atoms with E-state index in [4.69, 9.17) is 5.73 Å². The molecule has 3 aromatic carbocycles. The van der Waals surface area contributed by atoms with Crippen molar-refractivity contribution in [2.24, 2.45) is 0 Å². The number of nitrogen functional groups attached to an aromatic ring is 1. The number of benzene rings is 3. The summed E-state index contributed by atoms with van der Waals surface area (Å²) in [5, 5.41) is 0. The van der Waals surface area contributed by atoms with Gasteiger partial charge in [0, 0.05) is 16.8 Å². The van der Waals surface area contributed by atoms with Crippen LogP contribution in [-0.2, 0) is 0 Å². The highest BCUT2D eigenvalue weighted by atomic mass is 16.1. The van der Waals surface area contributed by atoms with E-state index in [1.165, 1.54) is 0 Å². The van der Waals surface area contributed by atoms with E-state index in [0.29, 0.717) is 11.3 Å². The average molecular weight is 299 g/mol. The van der Waals surface area contributed by atoms with Gasteiger partial charge >= 0.3 is 0 Å². The summed E-state index contributed by atoms with van der Waals surface area (Å²) in [6.07, 6.45) is 3.42. The third-order valence-electron chi connectivity index (χ3n) is 3.66. The molecule has 0 saturated carbocycles. The Labute approximate surface area is 135 Å². The smallest absolute Gasteiger partial charge is 0.185 e. The molecule has 0 aliphatic heterocycles. The van der Waals surface area contributed by atoms with Crippen molar-refractivity contribution in [2.45, 2.75) is 0 Å². The Balaban J connectivity index is 1.97. The highest BCUT2D eigenvalue weighted by Gasteiger charge is 2.07. The molecule has 0 saturated heterocycles. The van der Waals surface area contributed by atoms with E-state index in [-0.39, 0.29) is 5.78 Å². The van der Waals surface area contributed by atoms with Gasteiger partial charge in [0.1, 0.15) is 0 Å². The van der Waals surface area contributed by atoms with Crippen LogP contribution in [0.1, 0.15) is 15.9 Å². The lowest BCUT2D eigenvalue weighted by Crippen LogP contribution is -1.95. The van der Waals surface area contributed by atoms with Gasteiger partial charge in [-0.25, -0.2) is 0 Å². The number of allylic oxidation sites excluding steroid dienone is 1. The number of nitrogens with two attached hydrogens (primary N) is 1. The van der Waals surface area contributed by atoms with Crippen molar-refractivity contribution in [3.05, 3.63) is 96.1 Å². The Morgan fingerprint density at radius 2 is 1.43 bits per heavy atom. The minimum atomic E-state index is -0.0213. The molecule has 2 N–H and O–H groups in total. The second-order valence-electron chi connectivity index (χ2n) is 5.24. The van der Waals surface area contributed by atoms with E-state index in [0.717, 1.165) is 16.7 Å². The zero-order valence-corrected chi connectivity index (χ0v) is 12.6. The maximum Gasteiger partial charge on any atom is 0.185 e. The third-order valence-corrected chi connectivity index (χ3v) is 3.66. The van der Waals surface area contributed by atoms with Crippen LogP contribution in [0.4, 0.5) is 5.69 Å². The maximum atomic E-state index is 12.2. The van der Waals surface area contributed by atoms with Crippen molar-refractivity contribution in [2.75, 3.05) is 5.73 Å². The Bertz CT molecular complexity index is 836. The molecule has 2 nitrogen and oxygen atoms in total. The second kappa shape index (κ2) is 6.75. The Morgan fingerprint density at radius 3 is 2.13 bits per heavy atom. The lowest BCUT2D eigenvalue weighted by molar-refractivity contribution is 0.104. The van der Waals surface area contributed by atoms with Crippen molar-refractivity contribution in [3.63, 3.8) is 0 Å². The number of carbonyl (C=O) groups excluding carboxylic acids is 1. The Morgan fingerprint density at radius 1 is 0.783 bits per heavy atom. The summed E-state index contributed by atoms with van der Waals surface area (Å²) >= 11 is 0. The van der Waals surface area contributed by atoms with Crippen LogP contribution in [-0.4, -0.2) is 5.78 Å². The molecule has 0 fully saturated rings. The fourth-order valence-corrected chi connectivity index (χ4v) is 2.53. The highest BCUT2D eigenvalue weighted by Crippen LogP contribution is 2.30. The largest absolute Gasteiger partial charge is 0.398 e. The van der Waals surface area contributed by atoms with E-state index in [1.54, 1.807) is 6.08 Å². The van der Waals surface area contributed by atoms with Crippen LogP contribution >= 0.6 is 0 Å². The van der Waals surface area contributed by atoms with Crippen molar-refractivity contribution >= 4 is 17.5 Å². The van der Waals surface area contributed by atoms with Gasteiger partial charge < -0.3 is 5.73 Å². The van der Waals surface area contributed by atoms with Crippen molar-refractivity contribution < 1.29 is 4.79 Å². The third kappa shape index (κ3) is 3.38. The van der Waals surface area contributed by atoms with Crippen LogP contribution in [0.25, 0.3) is 17.2 Å². The fourth-order valence-electron chi connectivity index (χ4n) is 2.53. The minimum Gasteiger partial charge on any atom is -0.398 e. The van der Waals surface area contributed by atoms with Gasteiger partial charge in [0.25, 0.3) is 0 Å². The summed E-state index contributed by atoms with van der Waals surface area (Å²) in [5.74, 6) is -0.0213. The van der Waals surface area contributed by atoms with Crippen LogP contribution in [0, 0.1) is 0 Å². The topological polar surface area (TPSA) is 43.1 Å². The molecule has 3 aromatic rings. The second-order valence-corrected chi connectivity index (χ2v) is 5.24. The molecule has 0 aromatic heterocycles. The molecule has 0 spiro atoms. The van der Waals surface area contributed by atoms with Gasteiger partial charge in [-0.3, -0.25) is 4.79 Å². The van der Waals surface area contributed by atoms with Crippen LogP contribution in [0.15, 0.2) is 84.9 Å². The van der Waals surface area contributed by atoms with E-state index < -0.39 is 0 Å². The molecule has 3 rings (SSSR count). The predicted octanol–water partition coefficient (Wildman–Crippen LogP) is 4.83. The quantitative estimate of drug-likeness (QED) is 0.426. The Hall–Kier alpha value is -3.13. The van der Waals surface area contributed by atoms with Crippen LogP contribution in [0.5, 0.6) is 0 Å². The summed E-state index contributed by atoms with van der Waals surface area (Å²) in [6.45, 7) is 0. The molecule has 0 aliphatic carbocycles. The first-order valence-corrected chi connectivity index (χ1v) is 7.47. The van der Waals surface area contributed by atoms with Gasteiger partial charge in [0.15, 0.2) is 5.78 Å². The summed E-state index contributed by atoms with van der Waals surface area (Å²) in [6, 6.07) is 24.9. The SMILES string of the molecule is Nc1cccc(C=CC(=O)c2ccccc2)c1-c1ccccc1. The monoisotopic (exact) mass is 299 g/mol. The summed E-state index contributed by atoms with van der Waals surface area (Å²) in [4.78, 5) is 12.2. The van der Waals surface area contributed by atoms with Crippen molar-refractivity contribution in [1.82, 2.24) is 0 Å². The molecule has 0 unspecified atom stereocenters. The minimum absolute atomic E-state index is 0.0213. The number of hydrogen-bond acceptors (Lipinski definition) is 2. The average Bonchev–Trinajstić information content (AvgIpc) is 2.61. The molecule has 0 aliphatic rings. The maximum absolute atomic E-state index is 12.2. The predicted molar refractivity (Wildman–Crippen MR) is 96.1 cm³/mol. The van der Waals surface area contributed by atoms with Gasteiger partial charge in [-0.1, -0.05) is 78.9 Å². The van der Waals surface area contributed by atoms with Gasteiger partial charge in [-0.05, 0) is 23.3 Å². The van der Waals surface area contributed by atoms with Crippen molar-refractivity contribution in [1.29, 1.82) is 0 Å². The molecule has 2 heteroatoms. The molecule has 0 atom stereocenters. The normalized spacial score (nSPS) is 10.8. The van der Waals surface area contributed by atoms with E-state index in [1.807, 2.05) is 84.9 Å². The lowest BCUT2D eigenvalue weighted by Gasteiger charge is -2.09. The van der Waals surface area contributed by atoms with Gasteiger partial charge in [0.05, 0.1) is 0 Å². The lowest BCUT2D eigenvalue weighted by atomic mass is 9.97. The number of anilines is 1. The molecule has 0 amide bonds. The molecular formula is C21H17NO. The van der Waals surface area contributed by atoms with Crippen LogP contribution in [0.3, 0.4) is 0 Å². The highest BCUT2D eigenvalue weighted by molar-refractivity contribution is 6.07. The molecule has 112 valence electrons. The number of hydrogen-bond donors (Lipinski definition) is 1. The summed E-state index contributed by atoms with van der Waals surface area (Å²) in [7, 11) is 0. The first-order chi connectivity index (χ1) is 11.3. The van der Waals surface area contributed by atoms with E-state index in [2.05, 4.69) is 0 Å². The standard InChI is InChI=1S/C21H17NO/c22-19-13-7-12-18(21(19)17-10-5-2-6-11-17)14-15-20(23)16-8-3-1-4-9-16/h1-15H,22H2. The summed E-state index contributed by atoms with van der Waals surface area (Å²) in [5.41, 5.74) is 10.4. The number of ketones is 1. The van der Waals surface area contributed by atoms with Crippen LogP contribution in [0.2, 0.25) is 0 Å². The fraction of sp³-hybridized carbons (Fsp3) is 0. The van der Waals surface area contributed by atoms with E-state index in [9.17, 15) is 4.79 Å². The van der Waals surface area contributed by atoms with Gasteiger partial charge in [-0.15, -0.1) is 0 Å². The van der Waals surface area contributed by atoms with Crippen molar-refractivity contribution in [3.8, 4) is 11.1 Å². The molecule has 0 heterocycles. The van der Waals surface area contributed by atoms with Gasteiger partial charge in [-0.2, -0.15) is 0 Å². The zero-order chi connectivity index (χ0) is 16.1. The summed E-state index contributed by atoms with van der Waals surface area (Å²) < 4.78 is 0. The van der Waals surface area contributed by atoms with Crippen LogP contribution < -0.4 is 5.73 Å². The molecular weight excluding hydrogens is 282 g/mol. The molecule has 23 heavy (non-hydrogen) atoms. The number of carbonyl (C=O) groups is 1. The number of rotatable bonds is 4. The zero-order valence-electron chi connectivity index (χ0n) is 12.6. The van der Waals surface area contributed by atoms with E-state index >= 15 is 0 Å². The first kappa shape index (κ1) is 14.8. The molecule has 0 radical (unpaired) electrons. The first-order valence-electron chi connectivity index (χ1n) is 7.47. The Kier molecular flexibility index (Phi) is 4.34. The van der Waals surface area contributed by atoms with Gasteiger partial charge in [0.2, 0.25) is 0 Å². The molecule has 0 bridgehead atoms.